The molecule has 3 rings (SSSR count). The average Bonchev–Trinajstić information content (AvgIpc) is 3.17. The third kappa shape index (κ3) is 5.86. The van der Waals surface area contributed by atoms with E-state index in [0.717, 1.165) is 17.7 Å². The molecule has 2 aromatic carbocycles. The summed E-state index contributed by atoms with van der Waals surface area (Å²) in [5, 5.41) is 11.9. The van der Waals surface area contributed by atoms with Gasteiger partial charge in [-0.2, -0.15) is 5.10 Å². The number of rotatable bonds is 7. The van der Waals surface area contributed by atoms with E-state index in [9.17, 15) is 26.4 Å². The van der Waals surface area contributed by atoms with E-state index >= 15 is 0 Å². The number of halogens is 3. The van der Waals surface area contributed by atoms with Crippen LogP contribution < -0.4 is 15.2 Å². The maximum atomic E-state index is 12.6. The molecular formula is C20H19F3N4O4S. The third-order valence-corrected chi connectivity index (χ3v) is 5.33. The molecule has 3 N–H and O–H groups in total. The smallest absolute Gasteiger partial charge is 0.405 e. The predicted octanol–water partition coefficient (Wildman–Crippen LogP) is 3.16. The lowest BCUT2D eigenvalue weighted by atomic mass is 10.1. The van der Waals surface area contributed by atoms with Gasteiger partial charge in [-0.3, -0.25) is 4.79 Å². The first kappa shape index (κ1) is 23.3. The van der Waals surface area contributed by atoms with Gasteiger partial charge < -0.3 is 10.1 Å². The molecule has 32 heavy (non-hydrogen) atoms. The van der Waals surface area contributed by atoms with E-state index < -0.39 is 34.5 Å². The first-order valence-electron chi connectivity index (χ1n) is 9.30. The lowest BCUT2D eigenvalue weighted by molar-refractivity contribution is -0.274. The van der Waals surface area contributed by atoms with E-state index in [2.05, 4.69) is 15.2 Å². The highest BCUT2D eigenvalue weighted by atomic mass is 32.2. The van der Waals surface area contributed by atoms with Crippen LogP contribution in [-0.4, -0.2) is 30.5 Å². The van der Waals surface area contributed by atoms with Gasteiger partial charge in [-0.05, 0) is 36.2 Å². The first-order valence-corrected chi connectivity index (χ1v) is 10.8. The second kappa shape index (κ2) is 9.01. The van der Waals surface area contributed by atoms with E-state index in [1.807, 2.05) is 6.92 Å². The molecule has 3 aromatic rings. The summed E-state index contributed by atoms with van der Waals surface area (Å²) in [4.78, 5) is 12.1. The van der Waals surface area contributed by atoms with Gasteiger partial charge in [-0.15, -0.1) is 13.2 Å². The fraction of sp³-hybridized carbons (Fsp3) is 0.200. The minimum absolute atomic E-state index is 0.00857. The van der Waals surface area contributed by atoms with Crippen molar-refractivity contribution in [2.75, 3.05) is 5.32 Å². The zero-order chi connectivity index (χ0) is 23.5. The van der Waals surface area contributed by atoms with Gasteiger partial charge in [0.15, 0.2) is 0 Å². The van der Waals surface area contributed by atoms with E-state index in [4.69, 9.17) is 5.14 Å². The number of benzene rings is 2. The summed E-state index contributed by atoms with van der Waals surface area (Å²) in [7, 11) is -4.18. The molecule has 8 nitrogen and oxygen atoms in total. The maximum absolute atomic E-state index is 12.6. The molecule has 170 valence electrons. The van der Waals surface area contributed by atoms with Crippen molar-refractivity contribution < 1.29 is 31.1 Å². The van der Waals surface area contributed by atoms with Crippen molar-refractivity contribution in [3.63, 3.8) is 0 Å². The van der Waals surface area contributed by atoms with Crippen molar-refractivity contribution in [1.82, 2.24) is 9.78 Å². The Labute approximate surface area is 181 Å². The fourth-order valence-corrected chi connectivity index (χ4v) is 3.68. The number of aromatic nitrogens is 2. The Hall–Kier alpha value is -3.38. The summed E-state index contributed by atoms with van der Waals surface area (Å²) in [6.07, 6.45) is -1.41. The average molecular weight is 468 g/mol. The van der Waals surface area contributed by atoms with Crippen LogP contribution in [0, 0.1) is 0 Å². The lowest BCUT2D eigenvalue weighted by Crippen LogP contribution is -2.20. The molecule has 0 radical (unpaired) electrons. The van der Waals surface area contributed by atoms with Crippen LogP contribution in [0.5, 0.6) is 5.75 Å². The molecule has 0 fully saturated rings. The molecule has 1 amide bonds. The topological polar surface area (TPSA) is 116 Å². The number of primary sulfonamides is 1. The van der Waals surface area contributed by atoms with Crippen LogP contribution in [0.2, 0.25) is 0 Å². The van der Waals surface area contributed by atoms with Gasteiger partial charge in [-0.25, -0.2) is 18.2 Å². The minimum atomic E-state index is -4.91. The number of carbonyl (C=O) groups excluding carboxylic acids is 1. The number of nitrogens with zero attached hydrogens (tertiary/aromatic N) is 2. The zero-order valence-electron chi connectivity index (χ0n) is 16.8. The number of carbonyl (C=O) groups is 1. The molecule has 1 aromatic heterocycles. The molecule has 0 unspecified atom stereocenters. The van der Waals surface area contributed by atoms with Crippen LogP contribution in [-0.2, 0) is 27.7 Å². The highest BCUT2D eigenvalue weighted by Gasteiger charge is 2.32. The van der Waals surface area contributed by atoms with Crippen LogP contribution in [0.4, 0.5) is 18.9 Å². The number of ether oxygens (including phenoxy) is 1. The number of sulfonamides is 1. The molecule has 0 aliphatic rings. The van der Waals surface area contributed by atoms with Crippen molar-refractivity contribution in [2.45, 2.75) is 31.0 Å². The Morgan fingerprint density at radius 1 is 1.22 bits per heavy atom. The Morgan fingerprint density at radius 3 is 2.56 bits per heavy atom. The van der Waals surface area contributed by atoms with E-state index in [-0.39, 0.29) is 21.8 Å². The van der Waals surface area contributed by atoms with Crippen molar-refractivity contribution in [2.24, 2.45) is 5.14 Å². The summed E-state index contributed by atoms with van der Waals surface area (Å²) in [6.45, 7) is 1.92. The fourth-order valence-electron chi connectivity index (χ4n) is 2.94. The van der Waals surface area contributed by atoms with Crippen LogP contribution in [0.25, 0.3) is 5.69 Å². The van der Waals surface area contributed by atoms with Crippen LogP contribution in [0.3, 0.4) is 0 Å². The van der Waals surface area contributed by atoms with Crippen molar-refractivity contribution in [1.29, 1.82) is 0 Å². The normalized spacial score (nSPS) is 11.9. The molecule has 0 bridgehead atoms. The number of alkyl halides is 3. The van der Waals surface area contributed by atoms with Crippen LogP contribution in [0.15, 0.2) is 59.8 Å². The number of aryl methyl sites for hydroxylation is 1. The van der Waals surface area contributed by atoms with Crippen molar-refractivity contribution >= 4 is 21.6 Å². The molecule has 0 aliphatic heterocycles. The summed E-state index contributed by atoms with van der Waals surface area (Å²) < 4.78 is 67.2. The zero-order valence-corrected chi connectivity index (χ0v) is 17.6. The van der Waals surface area contributed by atoms with Gasteiger partial charge in [0.2, 0.25) is 15.9 Å². The van der Waals surface area contributed by atoms with Gasteiger partial charge >= 0.3 is 6.36 Å². The minimum Gasteiger partial charge on any atom is -0.405 e. The molecule has 1 heterocycles. The van der Waals surface area contributed by atoms with E-state index in [1.54, 1.807) is 12.4 Å². The predicted molar refractivity (Wildman–Crippen MR) is 110 cm³/mol. The summed E-state index contributed by atoms with van der Waals surface area (Å²) in [6, 6.07) is 9.25. The van der Waals surface area contributed by atoms with Crippen molar-refractivity contribution in [3.05, 3.63) is 66.0 Å². The van der Waals surface area contributed by atoms with Crippen LogP contribution in [0.1, 0.15) is 18.1 Å². The summed E-state index contributed by atoms with van der Waals surface area (Å²) in [5.74, 6) is -1.18. The number of nitrogens with two attached hydrogens (primary N) is 1. The molecule has 0 atom stereocenters. The van der Waals surface area contributed by atoms with Gasteiger partial charge in [0.25, 0.3) is 0 Å². The molecule has 0 saturated carbocycles. The summed E-state index contributed by atoms with van der Waals surface area (Å²) >= 11 is 0. The highest BCUT2D eigenvalue weighted by Crippen LogP contribution is 2.27. The van der Waals surface area contributed by atoms with Gasteiger partial charge in [0.1, 0.15) is 10.6 Å². The Kier molecular flexibility index (Phi) is 6.55. The number of anilines is 1. The monoisotopic (exact) mass is 468 g/mol. The largest absolute Gasteiger partial charge is 0.573 e. The SMILES string of the molecule is CCc1cnn(-c2ccc(NC(=O)Cc3ccccc3OC(F)(F)F)cc2S(N)(=O)=O)c1. The number of hydrogen-bond acceptors (Lipinski definition) is 5. The van der Waals surface area contributed by atoms with E-state index in [0.29, 0.717) is 6.42 Å². The van der Waals surface area contributed by atoms with Gasteiger partial charge in [-0.1, -0.05) is 25.1 Å². The van der Waals surface area contributed by atoms with Crippen LogP contribution >= 0.6 is 0 Å². The summed E-state index contributed by atoms with van der Waals surface area (Å²) in [5.41, 5.74) is 1.17. The van der Waals surface area contributed by atoms with Crippen molar-refractivity contribution in [3.8, 4) is 11.4 Å². The van der Waals surface area contributed by atoms with E-state index in [1.165, 1.54) is 35.0 Å². The number of nitrogens with one attached hydrogen (secondary N) is 1. The Morgan fingerprint density at radius 2 is 1.94 bits per heavy atom. The highest BCUT2D eigenvalue weighted by molar-refractivity contribution is 7.89. The number of hydrogen-bond donors (Lipinski definition) is 2. The number of amides is 1. The second-order valence-corrected chi connectivity index (χ2v) is 8.28. The maximum Gasteiger partial charge on any atom is 0.573 e. The second-order valence-electron chi connectivity index (χ2n) is 6.75. The molecule has 0 saturated heterocycles. The standard InChI is InChI=1S/C20H19F3N4O4S/c1-2-13-11-25-27(12-13)16-8-7-15(10-18(16)32(24,29)30)26-19(28)9-14-5-3-4-6-17(14)31-20(21,22)23/h3-8,10-12H,2,9H2,1H3,(H,26,28)(H2,24,29,30). The molecular weight excluding hydrogens is 449 g/mol. The number of para-hydroxylation sites is 1. The quantitative estimate of drug-likeness (QED) is 0.553. The Balaban J connectivity index is 1.85. The first-order chi connectivity index (χ1) is 15.0. The van der Waals surface area contributed by atoms with Gasteiger partial charge in [0, 0.05) is 17.4 Å². The molecule has 0 aliphatic carbocycles. The lowest BCUT2D eigenvalue weighted by Gasteiger charge is -2.14. The van der Waals surface area contributed by atoms with Gasteiger partial charge in [0.05, 0.1) is 18.3 Å². The molecule has 0 spiro atoms. The third-order valence-electron chi connectivity index (χ3n) is 4.39. The molecule has 12 heteroatoms. The Bertz CT molecular complexity index is 1240.